The van der Waals surface area contributed by atoms with Crippen molar-refractivity contribution in [1.29, 1.82) is 0 Å². The Morgan fingerprint density at radius 1 is 1.28 bits per heavy atom. The first-order valence-electron chi connectivity index (χ1n) is 8.70. The number of ether oxygens (including phenoxy) is 1. The smallest absolute Gasteiger partial charge is 0.495 e. The minimum atomic E-state index is -0.108. The monoisotopic (exact) mass is 749 g/mol. The minimum absolute atomic E-state index is 0. The Labute approximate surface area is 213 Å². The van der Waals surface area contributed by atoms with Gasteiger partial charge in [-0.2, -0.15) is 12.1 Å². The molecule has 1 aliphatic heterocycles. The molecule has 0 radical (unpaired) electrons. The van der Waals surface area contributed by atoms with E-state index in [2.05, 4.69) is 33.6 Å². The summed E-state index contributed by atoms with van der Waals surface area (Å²) in [5, 5.41) is 0.567. The molecule has 150 valence electrons. The van der Waals surface area contributed by atoms with Gasteiger partial charge >= 0.3 is 31.1 Å². The molecule has 29 heavy (non-hydrogen) atoms. The van der Waals surface area contributed by atoms with E-state index in [1.165, 1.54) is 4.90 Å². The molecule has 1 aliphatic rings. The first kappa shape index (κ1) is 24.3. The molecule has 0 saturated carbocycles. The van der Waals surface area contributed by atoms with E-state index in [1.807, 2.05) is 30.7 Å². The summed E-state index contributed by atoms with van der Waals surface area (Å²) < 4.78 is 6.28. The number of anilines is 2. The predicted molar refractivity (Wildman–Crippen MR) is 118 cm³/mol. The van der Waals surface area contributed by atoms with E-state index < -0.39 is 0 Å². The van der Waals surface area contributed by atoms with Crippen LogP contribution in [0.1, 0.15) is 0 Å². The van der Waals surface area contributed by atoms with Gasteiger partial charge in [0.05, 0.1) is 25.1 Å². The van der Waals surface area contributed by atoms with E-state index in [-0.39, 0.29) is 43.6 Å². The van der Waals surface area contributed by atoms with Crippen LogP contribution in [0, 0.1) is 40.7 Å². The summed E-state index contributed by atoms with van der Waals surface area (Å²) in [6.45, 7) is 2.49. The summed E-state index contributed by atoms with van der Waals surface area (Å²) in [6, 6.07) is 14.0. The zero-order valence-corrected chi connectivity index (χ0v) is 22.9. The number of amides is 2. The maximum absolute atomic E-state index is 12.6. The third kappa shape index (κ3) is 6.27. The van der Waals surface area contributed by atoms with Crippen LogP contribution in [0.2, 0.25) is 5.02 Å². The van der Waals surface area contributed by atoms with E-state index in [9.17, 15) is 9.59 Å². The Bertz CT molecular complexity index is 845. The van der Waals surface area contributed by atoms with Gasteiger partial charge in [0.25, 0.3) is 0 Å². The second-order valence-corrected chi connectivity index (χ2v) is 7.91. The fourth-order valence-corrected chi connectivity index (χ4v) is 3.56. The molecule has 0 spiro atoms. The standard InChI is InChI=1S/C20H19ClIN3O3.U/c1-28-19-12-17(6-7-18(19)21)23-8-10-24(11-9-23)20(27)13-25(14-26)16-4-2-15(22)3-5-16;/h2-4,6-7,12H,8-11,13H2,1H3;/q-2;+2. The third-order valence-electron chi connectivity index (χ3n) is 4.58. The van der Waals surface area contributed by atoms with Crippen LogP contribution in [0.4, 0.5) is 11.4 Å². The Morgan fingerprint density at radius 2 is 2.00 bits per heavy atom. The molecule has 2 aromatic rings. The van der Waals surface area contributed by atoms with Crippen molar-refractivity contribution in [2.75, 3.05) is 49.6 Å². The Morgan fingerprint density at radius 3 is 2.59 bits per heavy atom. The zero-order valence-electron chi connectivity index (χ0n) is 15.8. The zero-order chi connectivity index (χ0) is 20.1. The number of carbonyl (C=O) groups is 1. The second kappa shape index (κ2) is 11.4. The van der Waals surface area contributed by atoms with Gasteiger partial charge in [0.1, 0.15) is 5.75 Å². The largest absolute Gasteiger partial charge is 2.00 e. The summed E-state index contributed by atoms with van der Waals surface area (Å²) in [7, 11) is 1.59. The number of halogens is 2. The van der Waals surface area contributed by atoms with Crippen LogP contribution < -0.4 is 14.5 Å². The number of hydrogen-bond acceptors (Lipinski definition) is 4. The van der Waals surface area contributed by atoms with Crippen molar-refractivity contribution in [1.82, 2.24) is 4.90 Å². The number of benzene rings is 2. The minimum Gasteiger partial charge on any atom is -0.495 e. The Kier molecular flexibility index (Phi) is 9.60. The second-order valence-electron chi connectivity index (χ2n) is 6.26. The van der Waals surface area contributed by atoms with Crippen LogP contribution in [0.5, 0.6) is 5.75 Å². The molecule has 0 N–H and O–H groups in total. The van der Waals surface area contributed by atoms with Crippen molar-refractivity contribution in [2.24, 2.45) is 0 Å². The van der Waals surface area contributed by atoms with E-state index >= 15 is 0 Å². The van der Waals surface area contributed by atoms with E-state index in [4.69, 9.17) is 16.3 Å². The summed E-state index contributed by atoms with van der Waals surface area (Å²) in [6.07, 6.45) is 1.83. The number of carbonyl (C=O) groups excluding carboxylic acids is 2. The molecule has 2 amide bonds. The van der Waals surface area contributed by atoms with Gasteiger partial charge in [-0.05, 0) is 12.1 Å². The van der Waals surface area contributed by atoms with Crippen LogP contribution in [-0.2, 0) is 9.59 Å². The average molecular weight is 750 g/mol. The molecule has 9 heteroatoms. The van der Waals surface area contributed by atoms with Crippen molar-refractivity contribution < 1.29 is 45.4 Å². The number of rotatable bonds is 6. The molecular formula is C20H19ClIN3O3U. The van der Waals surface area contributed by atoms with Crippen LogP contribution in [0.3, 0.4) is 0 Å². The van der Waals surface area contributed by atoms with E-state index in [1.54, 1.807) is 24.1 Å². The molecule has 0 atom stereocenters. The van der Waals surface area contributed by atoms with E-state index in [0.717, 1.165) is 9.26 Å². The number of methoxy groups -OCH3 is 1. The summed E-state index contributed by atoms with van der Waals surface area (Å²) in [5.74, 6) is 0.521. The van der Waals surface area contributed by atoms with Crippen molar-refractivity contribution >= 4 is 57.9 Å². The molecule has 6 nitrogen and oxygen atoms in total. The first-order chi connectivity index (χ1) is 13.5. The first-order valence-corrected chi connectivity index (χ1v) is 10.2. The van der Waals surface area contributed by atoms with Gasteiger partial charge in [-0.25, -0.2) is 11.8 Å². The van der Waals surface area contributed by atoms with Crippen LogP contribution in [0.15, 0.2) is 36.4 Å². The summed E-state index contributed by atoms with van der Waals surface area (Å²) in [4.78, 5) is 29.1. The number of nitrogens with zero attached hydrogens (tertiary/aromatic N) is 3. The maximum Gasteiger partial charge on any atom is 2.00 e. The van der Waals surface area contributed by atoms with Gasteiger partial charge in [0, 0.05) is 37.9 Å². The van der Waals surface area contributed by atoms with Crippen LogP contribution in [0.25, 0.3) is 0 Å². The molecule has 0 aromatic heterocycles. The quantitative estimate of drug-likeness (QED) is 0.259. The fraction of sp³-hybridized carbons (Fsp3) is 0.300. The van der Waals surface area contributed by atoms with Gasteiger partial charge in [-0.15, -0.1) is 22.6 Å². The molecule has 1 heterocycles. The fourth-order valence-electron chi connectivity index (χ4n) is 3.03. The Hall–Kier alpha value is -0.948. The Balaban J connectivity index is 0.00000300. The van der Waals surface area contributed by atoms with Crippen molar-refractivity contribution in [3.05, 3.63) is 51.1 Å². The van der Waals surface area contributed by atoms with E-state index in [0.29, 0.717) is 42.6 Å². The number of piperazine rings is 1. The van der Waals surface area contributed by atoms with Crippen LogP contribution in [-0.4, -0.2) is 57.1 Å². The van der Waals surface area contributed by atoms with Crippen molar-refractivity contribution in [2.45, 2.75) is 0 Å². The van der Waals surface area contributed by atoms with Gasteiger partial charge in [-0.3, -0.25) is 10.9 Å². The number of hydrogen-bond donors (Lipinski definition) is 0. The maximum atomic E-state index is 12.6. The van der Waals surface area contributed by atoms with Crippen molar-refractivity contribution in [3.63, 3.8) is 0 Å². The summed E-state index contributed by atoms with van der Waals surface area (Å²) in [5.41, 5.74) is 1.54. The molecule has 0 unspecified atom stereocenters. The third-order valence-corrected chi connectivity index (χ3v) is 5.57. The van der Waals surface area contributed by atoms with Gasteiger partial charge in [0.2, 0.25) is 5.91 Å². The molecule has 1 saturated heterocycles. The van der Waals surface area contributed by atoms with Gasteiger partial charge < -0.3 is 24.2 Å². The molecule has 1 fully saturated rings. The van der Waals surface area contributed by atoms with Crippen LogP contribution >= 0.6 is 34.2 Å². The normalized spacial score (nSPS) is 13.5. The predicted octanol–water partition coefficient (Wildman–Crippen LogP) is 2.98. The molecule has 0 bridgehead atoms. The topological polar surface area (TPSA) is 53.1 Å². The average Bonchev–Trinajstić information content (AvgIpc) is 2.73. The molecule has 3 rings (SSSR count). The molecule has 0 aliphatic carbocycles. The van der Waals surface area contributed by atoms with Gasteiger partial charge in [0.15, 0.2) is 0 Å². The molecular weight excluding hydrogens is 731 g/mol. The van der Waals surface area contributed by atoms with Gasteiger partial charge in [-0.1, -0.05) is 15.2 Å². The van der Waals surface area contributed by atoms with Crippen molar-refractivity contribution in [3.8, 4) is 5.75 Å². The summed E-state index contributed by atoms with van der Waals surface area (Å²) >= 11 is 8.25. The molecule has 2 aromatic carbocycles. The SMILES string of the molecule is COc1cc(N2CCN(C(=O)CN([C-]=O)c3[c-]cc(I)cc3)CC2)ccc1Cl.[U+2].